The Kier molecular flexibility index (Phi) is 7.27. The number of rotatable bonds is 4. The van der Waals surface area contributed by atoms with Crippen molar-refractivity contribution in [2.75, 3.05) is 12.3 Å². The number of aromatic nitrogens is 1. The quantitative estimate of drug-likeness (QED) is 0.398. The molecule has 2 aromatic carbocycles. The Morgan fingerprint density at radius 1 is 1.31 bits per heavy atom. The van der Waals surface area contributed by atoms with Crippen LogP contribution in [-0.4, -0.2) is 22.7 Å². The number of carboxylic acid groups (broad SMARTS) is 1. The summed E-state index contributed by atoms with van der Waals surface area (Å²) in [7, 11) is 0. The van der Waals surface area contributed by atoms with Crippen molar-refractivity contribution in [2.45, 2.75) is 52.1 Å². The van der Waals surface area contributed by atoms with Gasteiger partial charge in [-0.15, -0.1) is 0 Å². The smallest absolute Gasteiger partial charge is 0.306 e. The predicted molar refractivity (Wildman–Crippen MR) is 130 cm³/mol. The number of halogens is 1. The Morgan fingerprint density at radius 3 is 2.62 bits per heavy atom. The van der Waals surface area contributed by atoms with Crippen molar-refractivity contribution in [1.29, 1.82) is 5.26 Å². The van der Waals surface area contributed by atoms with E-state index in [0.29, 0.717) is 25.0 Å². The number of nitriles is 1. The average molecular weight is 498 g/mol. The van der Waals surface area contributed by atoms with Gasteiger partial charge in [0, 0.05) is 15.5 Å². The molecule has 0 unspecified atom stereocenters. The van der Waals surface area contributed by atoms with Crippen molar-refractivity contribution in [3.63, 3.8) is 0 Å². The van der Waals surface area contributed by atoms with Gasteiger partial charge >= 0.3 is 5.97 Å². The van der Waals surface area contributed by atoms with Gasteiger partial charge in [-0.25, -0.2) is 0 Å². The van der Waals surface area contributed by atoms with Gasteiger partial charge in [0.1, 0.15) is 5.60 Å². The van der Waals surface area contributed by atoms with Gasteiger partial charge in [-0.1, -0.05) is 41.4 Å². The van der Waals surface area contributed by atoms with Gasteiger partial charge < -0.3 is 20.6 Å². The highest BCUT2D eigenvalue weighted by molar-refractivity contribution is 9.10. The molecule has 3 aromatic rings. The summed E-state index contributed by atoms with van der Waals surface area (Å²) in [5.74, 6) is -0.873. The van der Waals surface area contributed by atoms with E-state index in [1.165, 1.54) is 0 Å². The average Bonchev–Trinajstić information content (AvgIpc) is 3.14. The largest absolute Gasteiger partial charge is 0.481 e. The van der Waals surface area contributed by atoms with Crippen LogP contribution in [0, 0.1) is 25.2 Å². The van der Waals surface area contributed by atoms with Gasteiger partial charge in [0.2, 0.25) is 0 Å². The van der Waals surface area contributed by atoms with Crippen molar-refractivity contribution in [2.24, 2.45) is 0 Å². The van der Waals surface area contributed by atoms with E-state index in [1.54, 1.807) is 0 Å². The fourth-order valence-electron chi connectivity index (χ4n) is 4.34. The Bertz CT molecular complexity index is 1200. The summed E-state index contributed by atoms with van der Waals surface area (Å²) < 4.78 is 7.02. The Labute approximate surface area is 196 Å². The number of hydrogen-bond acceptors (Lipinski definition) is 4. The molecule has 7 heteroatoms. The van der Waals surface area contributed by atoms with Crippen LogP contribution in [0.15, 0.2) is 34.8 Å². The first-order valence-corrected chi connectivity index (χ1v) is 11.4. The molecule has 168 valence electrons. The zero-order valence-corrected chi connectivity index (χ0v) is 20.2. The van der Waals surface area contributed by atoms with Gasteiger partial charge in [-0.2, -0.15) is 5.26 Å². The summed E-state index contributed by atoms with van der Waals surface area (Å²) in [5.41, 5.74) is 11.2. The van der Waals surface area contributed by atoms with E-state index in [2.05, 4.69) is 27.0 Å². The highest BCUT2D eigenvalue weighted by Gasteiger charge is 2.42. The molecular formula is C25H28BrN3O3. The summed E-state index contributed by atoms with van der Waals surface area (Å²) >= 11 is 3.32. The second kappa shape index (κ2) is 9.76. The molecule has 0 saturated carbocycles. The van der Waals surface area contributed by atoms with Gasteiger partial charge in [0.05, 0.1) is 35.9 Å². The number of nitrogen functional groups attached to an aromatic ring is 1. The number of fused-ring (bicyclic) bond motifs is 3. The highest BCUT2D eigenvalue weighted by atomic mass is 79.9. The first-order chi connectivity index (χ1) is 15.2. The summed E-state index contributed by atoms with van der Waals surface area (Å²) in [5, 5.41) is 19.7. The van der Waals surface area contributed by atoms with Crippen LogP contribution >= 0.6 is 15.9 Å². The second-order valence-corrected chi connectivity index (χ2v) is 9.10. The Hall–Kier alpha value is -2.82. The molecule has 4 N–H and O–H groups in total. The zero-order chi connectivity index (χ0) is 23.5. The summed E-state index contributed by atoms with van der Waals surface area (Å²) in [6, 6.07) is 11.9. The zero-order valence-electron chi connectivity index (χ0n) is 18.6. The molecular weight excluding hydrogens is 470 g/mol. The number of nitrogens with two attached hydrogens (primary N) is 1. The molecule has 1 aromatic heterocycles. The lowest BCUT2D eigenvalue weighted by molar-refractivity contribution is -0.149. The van der Waals surface area contributed by atoms with Crippen LogP contribution in [0.3, 0.4) is 0 Å². The number of nitrogens with one attached hydrogen (secondary N) is 1. The maximum absolute atomic E-state index is 11.4. The minimum atomic E-state index is -0.873. The molecule has 1 atom stereocenters. The van der Waals surface area contributed by atoms with Crippen LogP contribution < -0.4 is 5.73 Å². The highest BCUT2D eigenvalue weighted by Crippen LogP contribution is 2.43. The minimum Gasteiger partial charge on any atom is -0.481 e. The first kappa shape index (κ1) is 23.8. The molecule has 0 bridgehead atoms. The van der Waals surface area contributed by atoms with Crippen molar-refractivity contribution in [3.8, 4) is 6.07 Å². The molecule has 0 amide bonds. The van der Waals surface area contributed by atoms with Gasteiger partial charge in [-0.3, -0.25) is 4.79 Å². The normalized spacial score (nSPS) is 17.2. The molecule has 0 radical (unpaired) electrons. The van der Waals surface area contributed by atoms with E-state index in [-0.39, 0.29) is 6.42 Å². The van der Waals surface area contributed by atoms with Crippen molar-refractivity contribution in [1.82, 2.24) is 4.98 Å². The maximum atomic E-state index is 11.4. The second-order valence-electron chi connectivity index (χ2n) is 8.18. The number of carbonyl (C=O) groups is 1. The van der Waals surface area contributed by atoms with Crippen LogP contribution in [0.5, 0.6) is 0 Å². The van der Waals surface area contributed by atoms with E-state index >= 15 is 0 Å². The molecule has 6 nitrogen and oxygen atoms in total. The number of aromatic amines is 1. The first-order valence-electron chi connectivity index (χ1n) is 10.6. The fourth-order valence-corrected chi connectivity index (χ4v) is 4.72. The molecule has 0 fully saturated rings. The topological polar surface area (TPSA) is 112 Å². The summed E-state index contributed by atoms with van der Waals surface area (Å²) in [4.78, 5) is 14.8. The van der Waals surface area contributed by atoms with Gasteiger partial charge in [0.15, 0.2) is 0 Å². The fraction of sp³-hybridized carbons (Fsp3) is 0.360. The Morgan fingerprint density at radius 2 is 2.03 bits per heavy atom. The number of carboxylic acids is 1. The van der Waals surface area contributed by atoms with E-state index in [0.717, 1.165) is 49.9 Å². The van der Waals surface area contributed by atoms with E-state index in [1.807, 2.05) is 51.1 Å². The van der Waals surface area contributed by atoms with Crippen LogP contribution in [0.2, 0.25) is 0 Å². The lowest BCUT2D eigenvalue weighted by atomic mass is 9.84. The molecule has 1 aliphatic rings. The van der Waals surface area contributed by atoms with Crippen molar-refractivity contribution < 1.29 is 14.6 Å². The van der Waals surface area contributed by atoms with E-state index < -0.39 is 11.6 Å². The molecule has 4 rings (SSSR count). The number of ether oxygens (including phenoxy) is 1. The number of hydrogen-bond donors (Lipinski definition) is 3. The van der Waals surface area contributed by atoms with E-state index in [4.69, 9.17) is 10.5 Å². The number of nitrogens with zero attached hydrogens (tertiary/aromatic N) is 1. The van der Waals surface area contributed by atoms with Crippen molar-refractivity contribution in [3.05, 3.63) is 62.8 Å². The van der Waals surface area contributed by atoms with Gasteiger partial charge in [0.25, 0.3) is 0 Å². The molecule has 32 heavy (non-hydrogen) atoms. The summed E-state index contributed by atoms with van der Waals surface area (Å²) in [6.07, 6.45) is 2.09. The monoisotopic (exact) mass is 497 g/mol. The SMILES string of the molecule is CCC[C@]1(CC(=O)O)OCCc2c1[nH]c1c(C)ccc(C#N)c21.Cc1ccc(Br)cc1N. The molecule has 0 spiro atoms. The lowest BCUT2D eigenvalue weighted by Gasteiger charge is -2.36. The number of aliphatic carboxylic acids is 1. The van der Waals surface area contributed by atoms with Crippen LogP contribution in [-0.2, 0) is 21.6 Å². The predicted octanol–water partition coefficient (Wildman–Crippen LogP) is 5.73. The van der Waals surface area contributed by atoms with Crippen molar-refractivity contribution >= 4 is 38.5 Å². The third kappa shape index (κ3) is 4.67. The molecule has 0 aliphatic carbocycles. The Balaban J connectivity index is 0.000000269. The van der Waals surface area contributed by atoms with E-state index in [9.17, 15) is 15.2 Å². The third-order valence-electron chi connectivity index (χ3n) is 5.91. The molecule has 0 saturated heterocycles. The molecule has 2 heterocycles. The lowest BCUT2D eigenvalue weighted by Crippen LogP contribution is -2.37. The number of H-pyrrole nitrogens is 1. The molecule has 1 aliphatic heterocycles. The van der Waals surface area contributed by atoms with Crippen LogP contribution in [0.1, 0.15) is 54.1 Å². The van der Waals surface area contributed by atoms with Gasteiger partial charge in [-0.05, 0) is 61.6 Å². The standard InChI is InChI=1S/C18H20N2O3.C7H8BrN/c1-3-7-18(9-14(21)22)17-13(6-8-23-18)15-12(10-19)5-4-11(2)16(15)20-17;1-5-2-3-6(8)4-7(5)9/h4-5,20H,3,6-9H2,1-2H3,(H,21,22);2-4H,9H2,1H3/t18-;/m1./s1. The van der Waals surface area contributed by atoms with Crippen LogP contribution in [0.4, 0.5) is 5.69 Å². The minimum absolute atomic E-state index is 0.0679. The third-order valence-corrected chi connectivity index (χ3v) is 6.40. The number of aryl methyl sites for hydroxylation is 2. The number of benzene rings is 2. The summed E-state index contributed by atoms with van der Waals surface area (Å²) in [6.45, 7) is 6.48. The maximum Gasteiger partial charge on any atom is 0.306 e. The van der Waals surface area contributed by atoms with Crippen LogP contribution in [0.25, 0.3) is 10.9 Å². The number of anilines is 1.